The van der Waals surface area contributed by atoms with Gasteiger partial charge in [0, 0.05) is 23.1 Å². The third-order valence-corrected chi connectivity index (χ3v) is 7.65. The fourth-order valence-electron chi connectivity index (χ4n) is 5.49. The SMILES string of the molecule is CCC(c1cccc(C(=O)N[C@H]2CC(C)(C)Oc3ccccc32)c1)N1C(=N)NC(CC)(CC)CC1=O. The lowest BCUT2D eigenvalue weighted by molar-refractivity contribution is -0.132. The van der Waals surface area contributed by atoms with E-state index in [1.807, 2.05) is 77.1 Å². The van der Waals surface area contributed by atoms with Crippen molar-refractivity contribution < 1.29 is 14.3 Å². The molecule has 0 spiro atoms. The Labute approximate surface area is 214 Å². The van der Waals surface area contributed by atoms with Crippen molar-refractivity contribution in [1.29, 1.82) is 5.41 Å². The normalized spacial score (nSPS) is 21.1. The first-order valence-electron chi connectivity index (χ1n) is 13.0. The fraction of sp³-hybridized carbons (Fsp3) is 0.483. The van der Waals surface area contributed by atoms with Gasteiger partial charge in [-0.2, -0.15) is 0 Å². The number of ether oxygens (including phenoxy) is 1. The van der Waals surface area contributed by atoms with Crippen LogP contribution in [0.3, 0.4) is 0 Å². The van der Waals surface area contributed by atoms with Crippen LogP contribution in [0.15, 0.2) is 48.5 Å². The number of para-hydroxylation sites is 1. The zero-order chi connectivity index (χ0) is 26.1. The number of fused-ring (bicyclic) bond motifs is 1. The van der Waals surface area contributed by atoms with E-state index >= 15 is 0 Å². The molecule has 0 aliphatic carbocycles. The van der Waals surface area contributed by atoms with E-state index in [2.05, 4.69) is 10.6 Å². The largest absolute Gasteiger partial charge is 0.487 e. The summed E-state index contributed by atoms with van der Waals surface area (Å²) in [6.07, 6.45) is 3.22. The Morgan fingerprint density at radius 3 is 2.56 bits per heavy atom. The molecule has 7 nitrogen and oxygen atoms in total. The van der Waals surface area contributed by atoms with Crippen LogP contribution in [0.2, 0.25) is 0 Å². The highest BCUT2D eigenvalue weighted by Crippen LogP contribution is 2.39. The van der Waals surface area contributed by atoms with Gasteiger partial charge in [0.15, 0.2) is 5.96 Å². The number of hydrogen-bond donors (Lipinski definition) is 3. The van der Waals surface area contributed by atoms with Crippen molar-refractivity contribution in [3.8, 4) is 5.75 Å². The van der Waals surface area contributed by atoms with Crippen LogP contribution in [0.4, 0.5) is 0 Å². The molecule has 36 heavy (non-hydrogen) atoms. The Balaban J connectivity index is 1.56. The van der Waals surface area contributed by atoms with Crippen LogP contribution in [-0.2, 0) is 4.79 Å². The van der Waals surface area contributed by atoms with Crippen LogP contribution in [0.1, 0.15) is 100 Å². The summed E-state index contributed by atoms with van der Waals surface area (Å²) in [7, 11) is 0. The van der Waals surface area contributed by atoms with Crippen molar-refractivity contribution in [2.24, 2.45) is 0 Å². The molecule has 2 aromatic carbocycles. The number of nitrogens with one attached hydrogen (secondary N) is 3. The predicted molar refractivity (Wildman–Crippen MR) is 141 cm³/mol. The van der Waals surface area contributed by atoms with Gasteiger partial charge >= 0.3 is 0 Å². The minimum atomic E-state index is -0.393. The van der Waals surface area contributed by atoms with Crippen molar-refractivity contribution in [1.82, 2.24) is 15.5 Å². The third kappa shape index (κ3) is 4.97. The van der Waals surface area contributed by atoms with Crippen LogP contribution in [0.5, 0.6) is 5.75 Å². The number of carbonyl (C=O) groups excluding carboxylic acids is 2. The molecule has 2 heterocycles. The topological polar surface area (TPSA) is 94.5 Å². The second kappa shape index (κ2) is 9.96. The van der Waals surface area contributed by atoms with Crippen molar-refractivity contribution in [3.05, 3.63) is 65.2 Å². The van der Waals surface area contributed by atoms with Gasteiger partial charge in [0.1, 0.15) is 11.4 Å². The Hall–Kier alpha value is -3.35. The lowest BCUT2D eigenvalue weighted by Crippen LogP contribution is -2.62. The summed E-state index contributed by atoms with van der Waals surface area (Å²) in [5.41, 5.74) is 1.60. The Morgan fingerprint density at radius 2 is 1.89 bits per heavy atom. The first kappa shape index (κ1) is 25.7. The molecular formula is C29H38N4O3. The number of rotatable bonds is 7. The minimum Gasteiger partial charge on any atom is -0.487 e. The van der Waals surface area contributed by atoms with Gasteiger partial charge in [-0.1, -0.05) is 51.1 Å². The maximum absolute atomic E-state index is 13.4. The average molecular weight is 491 g/mol. The standard InChI is InChI=1S/C29H38N4O3/c1-6-23(33-25(34)18-29(7-2,8-3)32-27(33)30)19-12-11-13-20(16-19)26(35)31-22-17-28(4,5)36-24-15-10-9-14-21(22)24/h9-16,22-23H,6-8,17-18H2,1-5H3,(H2,30,32)(H,31,35)/t22-,23?/m0/s1. The number of hydrogen-bond acceptors (Lipinski definition) is 4. The van der Waals surface area contributed by atoms with E-state index in [9.17, 15) is 9.59 Å². The number of carbonyl (C=O) groups is 2. The molecule has 2 aromatic rings. The molecule has 0 aromatic heterocycles. The fourth-order valence-corrected chi connectivity index (χ4v) is 5.49. The molecule has 1 fully saturated rings. The van der Waals surface area contributed by atoms with Crippen LogP contribution in [0, 0.1) is 5.41 Å². The number of benzene rings is 2. The zero-order valence-corrected chi connectivity index (χ0v) is 22.0. The van der Waals surface area contributed by atoms with E-state index in [0.29, 0.717) is 24.8 Å². The summed E-state index contributed by atoms with van der Waals surface area (Å²) in [6, 6.07) is 14.8. The van der Waals surface area contributed by atoms with E-state index in [0.717, 1.165) is 29.7 Å². The van der Waals surface area contributed by atoms with Crippen molar-refractivity contribution in [2.75, 3.05) is 0 Å². The predicted octanol–water partition coefficient (Wildman–Crippen LogP) is 5.49. The maximum atomic E-state index is 13.4. The number of amides is 2. The van der Waals surface area contributed by atoms with E-state index in [4.69, 9.17) is 10.1 Å². The van der Waals surface area contributed by atoms with Gasteiger partial charge in [0.05, 0.1) is 18.5 Å². The van der Waals surface area contributed by atoms with Gasteiger partial charge in [-0.25, -0.2) is 0 Å². The third-order valence-electron chi connectivity index (χ3n) is 7.65. The maximum Gasteiger partial charge on any atom is 0.251 e. The molecule has 1 unspecified atom stereocenters. The smallest absolute Gasteiger partial charge is 0.251 e. The Morgan fingerprint density at radius 1 is 1.17 bits per heavy atom. The molecule has 2 atom stereocenters. The van der Waals surface area contributed by atoms with Gasteiger partial charge < -0.3 is 15.4 Å². The van der Waals surface area contributed by atoms with Crippen molar-refractivity contribution in [3.63, 3.8) is 0 Å². The molecule has 3 N–H and O–H groups in total. The quantitative estimate of drug-likeness (QED) is 0.479. The first-order chi connectivity index (χ1) is 17.1. The van der Waals surface area contributed by atoms with Crippen LogP contribution < -0.4 is 15.4 Å². The highest BCUT2D eigenvalue weighted by atomic mass is 16.5. The van der Waals surface area contributed by atoms with E-state index in [-0.39, 0.29) is 35.4 Å². The van der Waals surface area contributed by atoms with E-state index < -0.39 is 5.60 Å². The van der Waals surface area contributed by atoms with Gasteiger partial charge in [-0.15, -0.1) is 0 Å². The zero-order valence-electron chi connectivity index (χ0n) is 22.0. The second-order valence-corrected chi connectivity index (χ2v) is 10.6. The highest BCUT2D eigenvalue weighted by Gasteiger charge is 2.42. The molecule has 2 aliphatic heterocycles. The number of nitrogens with zero attached hydrogens (tertiary/aromatic N) is 1. The monoisotopic (exact) mass is 490 g/mol. The summed E-state index contributed by atoms with van der Waals surface area (Å²) < 4.78 is 6.11. The van der Waals surface area contributed by atoms with Crippen LogP contribution >= 0.6 is 0 Å². The molecule has 192 valence electrons. The molecule has 0 bridgehead atoms. The van der Waals surface area contributed by atoms with Gasteiger partial charge in [-0.3, -0.25) is 19.9 Å². The van der Waals surface area contributed by atoms with Crippen LogP contribution in [0.25, 0.3) is 0 Å². The first-order valence-corrected chi connectivity index (χ1v) is 13.0. The Kier molecular flexibility index (Phi) is 7.12. The molecule has 7 heteroatoms. The molecular weight excluding hydrogens is 452 g/mol. The molecule has 2 aliphatic rings. The van der Waals surface area contributed by atoms with E-state index in [1.165, 1.54) is 0 Å². The summed E-state index contributed by atoms with van der Waals surface area (Å²) >= 11 is 0. The molecule has 1 saturated heterocycles. The minimum absolute atomic E-state index is 0.0507. The van der Waals surface area contributed by atoms with Crippen molar-refractivity contribution >= 4 is 17.8 Å². The molecule has 4 rings (SSSR count). The lowest BCUT2D eigenvalue weighted by Gasteiger charge is -2.44. The molecule has 2 amide bonds. The van der Waals surface area contributed by atoms with Crippen LogP contribution in [-0.4, -0.2) is 33.8 Å². The second-order valence-electron chi connectivity index (χ2n) is 10.6. The van der Waals surface area contributed by atoms with Gasteiger partial charge in [0.25, 0.3) is 5.91 Å². The summed E-state index contributed by atoms with van der Waals surface area (Å²) in [5, 5.41) is 15.1. The lowest BCUT2D eigenvalue weighted by atomic mass is 9.86. The van der Waals surface area contributed by atoms with Gasteiger partial charge in [-0.05, 0) is 56.9 Å². The Bertz CT molecular complexity index is 1130. The summed E-state index contributed by atoms with van der Waals surface area (Å²) in [5.74, 6) is 0.713. The average Bonchev–Trinajstić information content (AvgIpc) is 2.85. The summed E-state index contributed by atoms with van der Waals surface area (Å²) in [4.78, 5) is 28.2. The summed E-state index contributed by atoms with van der Waals surface area (Å²) in [6.45, 7) is 10.1. The van der Waals surface area contributed by atoms with Gasteiger partial charge in [0.2, 0.25) is 5.91 Å². The van der Waals surface area contributed by atoms with Crippen molar-refractivity contribution in [2.45, 2.75) is 89.9 Å². The highest BCUT2D eigenvalue weighted by molar-refractivity contribution is 6.00. The van der Waals surface area contributed by atoms with E-state index in [1.54, 1.807) is 11.0 Å². The molecule has 0 radical (unpaired) electrons. The molecule has 0 saturated carbocycles. The number of guanidine groups is 1.